The molecular weight excluding hydrogens is 435 g/mol. The van der Waals surface area contributed by atoms with E-state index in [-0.39, 0.29) is 36.1 Å². The van der Waals surface area contributed by atoms with Gasteiger partial charge in [-0.25, -0.2) is 8.42 Å². The third-order valence-electron chi connectivity index (χ3n) is 5.71. The van der Waals surface area contributed by atoms with E-state index in [1.54, 1.807) is 4.90 Å². The molecule has 2 fully saturated rings. The number of rotatable bonds is 5. The van der Waals surface area contributed by atoms with Crippen molar-refractivity contribution in [3.63, 3.8) is 0 Å². The standard InChI is InChI=1S/C19H30N4O3S.2ClH/c1-16-4-3-5-17(12-16)21-8-10-23(11-9-21)27(25,26)13-18(24)22-7-6-19(2,14-20)15-22;;/h3-5,12H,6-11,13-15,20H2,1-2H3;2*1H. The number of nitrogens with two attached hydrogens (primary N) is 1. The molecule has 1 unspecified atom stereocenters. The summed E-state index contributed by atoms with van der Waals surface area (Å²) >= 11 is 0. The summed E-state index contributed by atoms with van der Waals surface area (Å²) in [6.07, 6.45) is 0.824. The van der Waals surface area contributed by atoms with Gasteiger partial charge in [-0.1, -0.05) is 19.1 Å². The Hall–Kier alpha value is -1.06. The minimum atomic E-state index is -3.59. The second-order valence-electron chi connectivity index (χ2n) is 8.06. The lowest BCUT2D eigenvalue weighted by molar-refractivity contribution is -0.127. The van der Waals surface area contributed by atoms with Crippen LogP contribution in [0.15, 0.2) is 24.3 Å². The number of carbonyl (C=O) groups excluding carboxylic acids is 1. The lowest BCUT2D eigenvalue weighted by Crippen LogP contribution is -2.51. The van der Waals surface area contributed by atoms with Gasteiger partial charge in [-0.2, -0.15) is 4.31 Å². The molecule has 7 nitrogen and oxygen atoms in total. The van der Waals surface area contributed by atoms with Gasteiger partial charge in [-0.3, -0.25) is 4.79 Å². The van der Waals surface area contributed by atoms with Gasteiger partial charge in [-0.15, -0.1) is 24.8 Å². The fourth-order valence-corrected chi connectivity index (χ4v) is 5.19. The van der Waals surface area contributed by atoms with E-state index >= 15 is 0 Å². The zero-order valence-corrected chi connectivity index (χ0v) is 19.5. The van der Waals surface area contributed by atoms with E-state index in [4.69, 9.17) is 5.73 Å². The predicted octanol–water partition coefficient (Wildman–Crippen LogP) is 1.49. The van der Waals surface area contributed by atoms with Crippen molar-refractivity contribution in [3.05, 3.63) is 29.8 Å². The first-order valence-electron chi connectivity index (χ1n) is 9.50. The zero-order chi connectivity index (χ0) is 19.7. The molecule has 166 valence electrons. The summed E-state index contributed by atoms with van der Waals surface area (Å²) in [5.74, 6) is -0.758. The van der Waals surface area contributed by atoms with Crippen molar-refractivity contribution >= 4 is 46.4 Å². The summed E-state index contributed by atoms with van der Waals surface area (Å²) in [5, 5.41) is 0. The molecule has 1 amide bonds. The molecule has 1 atom stereocenters. The Balaban J connectivity index is 0.00000210. The summed E-state index contributed by atoms with van der Waals surface area (Å²) in [6, 6.07) is 8.21. The van der Waals surface area contributed by atoms with Crippen molar-refractivity contribution in [2.75, 3.05) is 56.5 Å². The van der Waals surface area contributed by atoms with Crippen molar-refractivity contribution in [3.8, 4) is 0 Å². The van der Waals surface area contributed by atoms with Crippen LogP contribution in [0.25, 0.3) is 0 Å². The number of sulfonamides is 1. The van der Waals surface area contributed by atoms with E-state index in [9.17, 15) is 13.2 Å². The molecule has 0 saturated carbocycles. The first kappa shape index (κ1) is 26.0. The fraction of sp³-hybridized carbons (Fsp3) is 0.632. The van der Waals surface area contributed by atoms with Gasteiger partial charge < -0.3 is 15.5 Å². The highest BCUT2D eigenvalue weighted by Crippen LogP contribution is 2.28. The van der Waals surface area contributed by atoms with Gasteiger partial charge in [0, 0.05) is 45.0 Å². The van der Waals surface area contributed by atoms with Gasteiger partial charge >= 0.3 is 0 Å². The number of benzene rings is 1. The van der Waals surface area contributed by atoms with Crippen molar-refractivity contribution in [1.82, 2.24) is 9.21 Å². The lowest BCUT2D eigenvalue weighted by atomic mass is 9.90. The summed E-state index contributed by atoms with van der Waals surface area (Å²) in [4.78, 5) is 16.3. The van der Waals surface area contributed by atoms with Crippen molar-refractivity contribution in [2.24, 2.45) is 11.1 Å². The van der Waals surface area contributed by atoms with Crippen LogP contribution in [0.5, 0.6) is 0 Å². The number of hydrogen-bond acceptors (Lipinski definition) is 5. The molecule has 2 aliphatic heterocycles. The van der Waals surface area contributed by atoms with E-state index < -0.39 is 15.8 Å². The Morgan fingerprint density at radius 2 is 1.79 bits per heavy atom. The Bertz CT molecular complexity index is 800. The summed E-state index contributed by atoms with van der Waals surface area (Å²) in [5.41, 5.74) is 7.97. The number of anilines is 1. The highest BCUT2D eigenvalue weighted by atomic mass is 35.5. The van der Waals surface area contributed by atoms with Gasteiger partial charge in [0.25, 0.3) is 0 Å². The highest BCUT2D eigenvalue weighted by molar-refractivity contribution is 7.89. The van der Waals surface area contributed by atoms with Gasteiger partial charge in [-0.05, 0) is 43.0 Å². The van der Waals surface area contributed by atoms with E-state index in [1.165, 1.54) is 9.87 Å². The first-order valence-corrected chi connectivity index (χ1v) is 11.1. The summed E-state index contributed by atoms with van der Waals surface area (Å²) in [6.45, 7) is 7.79. The summed E-state index contributed by atoms with van der Waals surface area (Å²) < 4.78 is 26.9. The Morgan fingerprint density at radius 1 is 1.14 bits per heavy atom. The van der Waals surface area contributed by atoms with Crippen molar-refractivity contribution < 1.29 is 13.2 Å². The maximum atomic E-state index is 12.7. The summed E-state index contributed by atoms with van der Waals surface area (Å²) in [7, 11) is -3.59. The molecule has 29 heavy (non-hydrogen) atoms. The molecule has 1 aromatic carbocycles. The number of aryl methyl sites for hydroxylation is 1. The van der Waals surface area contributed by atoms with Crippen LogP contribution in [0.3, 0.4) is 0 Å². The van der Waals surface area contributed by atoms with Crippen LogP contribution < -0.4 is 10.6 Å². The van der Waals surface area contributed by atoms with Gasteiger partial charge in [0.2, 0.25) is 15.9 Å². The number of carbonyl (C=O) groups is 1. The van der Waals surface area contributed by atoms with Gasteiger partial charge in [0.05, 0.1) is 0 Å². The molecule has 0 bridgehead atoms. The molecule has 0 radical (unpaired) electrons. The van der Waals surface area contributed by atoms with Crippen LogP contribution in [-0.4, -0.2) is 75.1 Å². The topological polar surface area (TPSA) is 87.0 Å². The third-order valence-corrected chi connectivity index (χ3v) is 7.47. The van der Waals surface area contributed by atoms with Crippen LogP contribution >= 0.6 is 24.8 Å². The molecule has 2 saturated heterocycles. The molecule has 2 heterocycles. The number of nitrogens with zero attached hydrogens (tertiary/aromatic N) is 3. The SMILES string of the molecule is Cc1cccc(N2CCN(S(=O)(=O)CC(=O)N3CCC(C)(CN)C3)CC2)c1.Cl.Cl. The molecule has 0 spiro atoms. The van der Waals surface area contributed by atoms with E-state index in [2.05, 4.69) is 11.0 Å². The Morgan fingerprint density at radius 3 is 2.34 bits per heavy atom. The molecule has 2 aliphatic rings. The first-order chi connectivity index (χ1) is 12.7. The molecular formula is C19H32Cl2N4O3S. The lowest BCUT2D eigenvalue weighted by Gasteiger charge is -2.35. The second-order valence-corrected chi connectivity index (χ2v) is 10.0. The van der Waals surface area contributed by atoms with Gasteiger partial charge in [0.15, 0.2) is 0 Å². The molecule has 0 aliphatic carbocycles. The maximum absolute atomic E-state index is 12.7. The Labute approximate surface area is 186 Å². The average Bonchev–Trinajstić information content (AvgIpc) is 3.05. The van der Waals surface area contributed by atoms with Crippen LogP contribution in [0.2, 0.25) is 0 Å². The number of piperazine rings is 1. The number of halogens is 2. The monoisotopic (exact) mass is 466 g/mol. The molecule has 2 N–H and O–H groups in total. The third kappa shape index (κ3) is 6.21. The number of amides is 1. The minimum Gasteiger partial charge on any atom is -0.369 e. The van der Waals surface area contributed by atoms with E-state index in [1.807, 2.05) is 32.0 Å². The average molecular weight is 467 g/mol. The van der Waals surface area contributed by atoms with Crippen LogP contribution in [0.4, 0.5) is 5.69 Å². The minimum absolute atomic E-state index is 0. The maximum Gasteiger partial charge on any atom is 0.239 e. The van der Waals surface area contributed by atoms with E-state index in [0.29, 0.717) is 45.8 Å². The fourth-order valence-electron chi connectivity index (χ4n) is 3.79. The number of likely N-dealkylation sites (tertiary alicyclic amines) is 1. The normalized spacial score (nSPS) is 22.7. The number of hydrogen-bond donors (Lipinski definition) is 1. The largest absolute Gasteiger partial charge is 0.369 e. The van der Waals surface area contributed by atoms with Crippen LogP contribution in [-0.2, 0) is 14.8 Å². The van der Waals surface area contributed by atoms with E-state index in [0.717, 1.165) is 12.1 Å². The van der Waals surface area contributed by atoms with Crippen LogP contribution in [0.1, 0.15) is 18.9 Å². The second kappa shape index (κ2) is 10.3. The molecule has 10 heteroatoms. The van der Waals surface area contributed by atoms with Crippen molar-refractivity contribution in [2.45, 2.75) is 20.3 Å². The smallest absolute Gasteiger partial charge is 0.239 e. The molecule has 1 aromatic rings. The zero-order valence-electron chi connectivity index (χ0n) is 17.0. The van der Waals surface area contributed by atoms with Gasteiger partial charge in [0.1, 0.15) is 5.75 Å². The predicted molar refractivity (Wildman–Crippen MR) is 122 cm³/mol. The highest BCUT2D eigenvalue weighted by Gasteiger charge is 2.37. The molecule has 3 rings (SSSR count). The van der Waals surface area contributed by atoms with Crippen molar-refractivity contribution in [1.29, 1.82) is 0 Å². The Kier molecular flexibility index (Phi) is 9.23. The quantitative estimate of drug-likeness (QED) is 0.709. The van der Waals surface area contributed by atoms with Crippen LogP contribution in [0, 0.1) is 12.3 Å². The molecule has 0 aromatic heterocycles.